The average molecular weight is 497 g/mol. The van der Waals surface area contributed by atoms with Crippen molar-refractivity contribution in [2.75, 3.05) is 0 Å². The Kier molecular flexibility index (Phi) is 10.5. The second-order valence-electron chi connectivity index (χ2n) is 9.08. The van der Waals surface area contributed by atoms with Crippen molar-refractivity contribution in [1.29, 1.82) is 0 Å². The Hall–Kier alpha value is -0.723. The van der Waals surface area contributed by atoms with Crippen molar-refractivity contribution in [1.82, 2.24) is 14.8 Å². The Morgan fingerprint density at radius 2 is 1.67 bits per heavy atom. The zero-order chi connectivity index (χ0) is 22.1. The van der Waals surface area contributed by atoms with E-state index in [-0.39, 0.29) is 6.10 Å². The molecule has 0 fully saturated rings. The van der Waals surface area contributed by atoms with Gasteiger partial charge in [-0.15, -0.1) is 0 Å². The van der Waals surface area contributed by atoms with Crippen LogP contribution < -0.4 is 0 Å². The van der Waals surface area contributed by atoms with Gasteiger partial charge in [0.2, 0.25) is 0 Å². The summed E-state index contributed by atoms with van der Waals surface area (Å²) in [5, 5.41) is 5.23. The highest BCUT2D eigenvalue weighted by Gasteiger charge is 2.37. The number of halogens is 1. The van der Waals surface area contributed by atoms with Crippen LogP contribution in [0, 0.1) is 6.92 Å². The molecule has 0 bridgehead atoms. The van der Waals surface area contributed by atoms with E-state index < -0.39 is 9.04 Å². The molecule has 6 heteroatoms. The van der Waals surface area contributed by atoms with Crippen molar-refractivity contribution in [3.63, 3.8) is 0 Å². The number of unbranched alkanes of at least 4 members (excludes halogenated alkanes) is 3. The number of aromatic nitrogens is 3. The van der Waals surface area contributed by atoms with Crippen LogP contribution in [0.5, 0.6) is 0 Å². The highest BCUT2D eigenvalue weighted by Crippen LogP contribution is 2.47. The highest BCUT2D eigenvalue weighted by atomic mass is 79.9. The Labute approximate surface area is 194 Å². The van der Waals surface area contributed by atoms with E-state index in [0.717, 1.165) is 27.6 Å². The Bertz CT molecular complexity index is 757. The minimum atomic E-state index is -1.36. The number of aryl methyl sites for hydroxylation is 1. The minimum absolute atomic E-state index is 0.175. The van der Waals surface area contributed by atoms with Gasteiger partial charge in [-0.3, -0.25) is 9.67 Å². The van der Waals surface area contributed by atoms with Crippen molar-refractivity contribution >= 4 is 36.0 Å². The van der Waals surface area contributed by atoms with Crippen LogP contribution in [0.4, 0.5) is 0 Å². The third-order valence-electron chi connectivity index (χ3n) is 6.60. The second kappa shape index (κ2) is 12.3. The molecule has 2 atom stereocenters. The van der Waals surface area contributed by atoms with E-state index in [1.807, 2.05) is 10.9 Å². The summed E-state index contributed by atoms with van der Waals surface area (Å²) in [6.45, 7) is 14.5. The van der Waals surface area contributed by atoms with Crippen LogP contribution in [0.25, 0.3) is 11.0 Å². The van der Waals surface area contributed by atoms with Gasteiger partial charge in [-0.1, -0.05) is 59.3 Å². The van der Waals surface area contributed by atoms with Crippen molar-refractivity contribution in [2.45, 2.75) is 117 Å². The molecule has 0 radical (unpaired) electrons. The molecule has 0 aliphatic heterocycles. The first-order valence-electron chi connectivity index (χ1n) is 12.0. The second-order valence-corrected chi connectivity index (χ2v) is 12.7. The molecule has 0 aliphatic rings. The number of hydrogen-bond acceptors (Lipinski definition) is 3. The van der Waals surface area contributed by atoms with Crippen molar-refractivity contribution in [3.05, 3.63) is 22.4 Å². The van der Waals surface area contributed by atoms with Crippen molar-refractivity contribution in [3.8, 4) is 0 Å². The van der Waals surface area contributed by atoms with Crippen LogP contribution in [0.3, 0.4) is 0 Å². The summed E-state index contributed by atoms with van der Waals surface area (Å²) < 4.78 is 9.84. The van der Waals surface area contributed by atoms with E-state index in [9.17, 15) is 0 Å². The SMILES string of the molecule is CCCCC(CCCC)(CCCC)[SiH](C)OC(C)Cn1cc2ncc(Br)c(C)c2n1. The van der Waals surface area contributed by atoms with Gasteiger partial charge in [-0.2, -0.15) is 5.10 Å². The molecule has 0 saturated heterocycles. The molecular weight excluding hydrogens is 454 g/mol. The first-order valence-corrected chi connectivity index (χ1v) is 15.0. The fraction of sp³-hybridized carbons (Fsp3) is 0.750. The molecule has 2 unspecified atom stereocenters. The standard InChI is InChI=1S/C24H42BrN3OSi/c1-7-10-13-24(14-11-8-2,15-12-9-3)30(6)29-19(4)17-28-18-22-23(27-28)20(5)21(25)16-26-22/h16,18-19,30H,7-15,17H2,1-6H3. The van der Waals surface area contributed by atoms with Gasteiger partial charge in [-0.25, -0.2) is 0 Å². The molecule has 0 N–H and O–H groups in total. The molecule has 0 amide bonds. The van der Waals surface area contributed by atoms with Gasteiger partial charge in [0, 0.05) is 10.7 Å². The molecule has 2 aromatic heterocycles. The van der Waals surface area contributed by atoms with Crippen LogP contribution >= 0.6 is 15.9 Å². The zero-order valence-corrected chi connectivity index (χ0v) is 22.7. The van der Waals surface area contributed by atoms with Gasteiger partial charge >= 0.3 is 0 Å². The van der Waals surface area contributed by atoms with Gasteiger partial charge in [0.1, 0.15) is 11.0 Å². The van der Waals surface area contributed by atoms with Crippen LogP contribution in [-0.2, 0) is 11.0 Å². The van der Waals surface area contributed by atoms with Crippen LogP contribution in [-0.4, -0.2) is 29.9 Å². The highest BCUT2D eigenvalue weighted by molar-refractivity contribution is 9.10. The summed E-state index contributed by atoms with van der Waals surface area (Å²) in [6, 6.07) is 0. The molecule has 0 aromatic carbocycles. The quantitative estimate of drug-likeness (QED) is 0.253. The maximum atomic E-state index is 6.81. The van der Waals surface area contributed by atoms with Crippen molar-refractivity contribution in [2.24, 2.45) is 0 Å². The fourth-order valence-electron chi connectivity index (χ4n) is 4.57. The maximum absolute atomic E-state index is 6.81. The number of fused-ring (bicyclic) bond motifs is 1. The number of rotatable bonds is 14. The zero-order valence-electron chi connectivity index (χ0n) is 20.0. The van der Waals surface area contributed by atoms with Gasteiger partial charge in [-0.05, 0) is 66.2 Å². The molecule has 170 valence electrons. The lowest BCUT2D eigenvalue weighted by molar-refractivity contribution is 0.174. The first-order chi connectivity index (χ1) is 14.4. The lowest BCUT2D eigenvalue weighted by atomic mass is 9.89. The number of nitrogens with zero attached hydrogens (tertiary/aromatic N) is 3. The number of hydrogen-bond donors (Lipinski definition) is 0. The van der Waals surface area contributed by atoms with E-state index in [4.69, 9.17) is 9.52 Å². The third-order valence-corrected chi connectivity index (χ3v) is 10.9. The lowest BCUT2D eigenvalue weighted by Crippen LogP contribution is -2.37. The largest absolute Gasteiger partial charge is 0.415 e. The first kappa shape index (κ1) is 25.5. The van der Waals surface area contributed by atoms with Gasteiger partial charge in [0.15, 0.2) is 9.04 Å². The summed E-state index contributed by atoms with van der Waals surface area (Å²) in [7, 11) is -1.36. The van der Waals surface area contributed by atoms with Crippen LogP contribution in [0.15, 0.2) is 16.9 Å². The molecule has 0 saturated carbocycles. The summed E-state index contributed by atoms with van der Waals surface area (Å²) >= 11 is 3.56. The Morgan fingerprint density at radius 1 is 1.10 bits per heavy atom. The predicted molar refractivity (Wildman–Crippen MR) is 135 cm³/mol. The molecule has 2 rings (SSSR count). The normalized spacial score (nSPS) is 14.4. The topological polar surface area (TPSA) is 39.9 Å². The summed E-state index contributed by atoms with van der Waals surface area (Å²) in [6.07, 6.45) is 15.9. The molecule has 2 heterocycles. The number of pyridine rings is 1. The van der Waals surface area contributed by atoms with Gasteiger partial charge in [0.25, 0.3) is 0 Å². The molecule has 2 aromatic rings. The predicted octanol–water partition coefficient (Wildman–Crippen LogP) is 7.57. The smallest absolute Gasteiger partial charge is 0.180 e. The third kappa shape index (κ3) is 6.64. The monoisotopic (exact) mass is 495 g/mol. The van der Waals surface area contributed by atoms with Crippen LogP contribution in [0.1, 0.15) is 91.0 Å². The average Bonchev–Trinajstić information content (AvgIpc) is 3.13. The Morgan fingerprint density at radius 3 is 2.20 bits per heavy atom. The minimum Gasteiger partial charge on any atom is -0.415 e. The molecule has 0 aliphatic carbocycles. The van der Waals surface area contributed by atoms with E-state index in [1.54, 1.807) is 0 Å². The molecule has 0 spiro atoms. The Balaban J connectivity index is 2.12. The summed E-state index contributed by atoms with van der Waals surface area (Å²) in [5.74, 6) is 0. The molecule has 4 nitrogen and oxygen atoms in total. The van der Waals surface area contributed by atoms with Gasteiger partial charge < -0.3 is 4.43 Å². The summed E-state index contributed by atoms with van der Waals surface area (Å²) in [5.41, 5.74) is 3.08. The molecular formula is C24H42BrN3OSi. The van der Waals surface area contributed by atoms with E-state index in [2.05, 4.69) is 68.3 Å². The molecule has 30 heavy (non-hydrogen) atoms. The van der Waals surface area contributed by atoms with Crippen molar-refractivity contribution < 1.29 is 4.43 Å². The lowest BCUT2D eigenvalue weighted by Gasteiger charge is -2.40. The van der Waals surface area contributed by atoms with E-state index in [1.165, 1.54) is 57.8 Å². The van der Waals surface area contributed by atoms with E-state index in [0.29, 0.717) is 5.04 Å². The van der Waals surface area contributed by atoms with Gasteiger partial charge in [0.05, 0.1) is 18.8 Å². The summed E-state index contributed by atoms with van der Waals surface area (Å²) in [4.78, 5) is 4.51. The maximum Gasteiger partial charge on any atom is 0.180 e. The fourth-order valence-corrected chi connectivity index (χ4v) is 7.77. The van der Waals surface area contributed by atoms with E-state index >= 15 is 0 Å². The van der Waals surface area contributed by atoms with Crippen LogP contribution in [0.2, 0.25) is 11.6 Å².